The molecule has 0 aliphatic carbocycles. The monoisotopic (exact) mass is 263 g/mol. The second kappa shape index (κ2) is 5.53. The number of aryl methyl sites for hydroxylation is 2. The Balaban J connectivity index is 2.52. The first-order valence-corrected chi connectivity index (χ1v) is 6.76. The molecule has 0 fully saturated rings. The van der Waals surface area contributed by atoms with Crippen LogP contribution in [0.25, 0.3) is 11.4 Å². The molecule has 0 unspecified atom stereocenters. The summed E-state index contributed by atoms with van der Waals surface area (Å²) in [6, 6.07) is 6.38. The fraction of sp³-hybridized carbons (Fsp3) is 0.429. The summed E-state index contributed by atoms with van der Waals surface area (Å²) < 4.78 is 2.12. The smallest absolute Gasteiger partial charge is 0.164 e. The van der Waals surface area contributed by atoms with Crippen molar-refractivity contribution in [3.8, 4) is 11.4 Å². The van der Waals surface area contributed by atoms with Gasteiger partial charge in [0.05, 0.1) is 5.88 Å². The van der Waals surface area contributed by atoms with E-state index in [1.807, 2.05) is 0 Å². The first kappa shape index (κ1) is 13.1. The van der Waals surface area contributed by atoms with Crippen molar-refractivity contribution < 1.29 is 0 Å². The van der Waals surface area contributed by atoms with Gasteiger partial charge in [-0.2, -0.15) is 0 Å². The van der Waals surface area contributed by atoms with Gasteiger partial charge in [-0.3, -0.25) is 0 Å². The number of halogens is 1. The van der Waals surface area contributed by atoms with E-state index < -0.39 is 0 Å². The predicted octanol–water partition coefficient (Wildman–Crippen LogP) is 3.71. The van der Waals surface area contributed by atoms with Crippen molar-refractivity contribution in [3.05, 3.63) is 35.2 Å². The van der Waals surface area contributed by atoms with E-state index in [0.717, 1.165) is 30.2 Å². The van der Waals surface area contributed by atoms with E-state index in [2.05, 4.69) is 53.7 Å². The van der Waals surface area contributed by atoms with Crippen molar-refractivity contribution >= 4 is 11.6 Å². The molecule has 0 saturated carbocycles. The van der Waals surface area contributed by atoms with Gasteiger partial charge in [-0.15, -0.1) is 21.8 Å². The Hall–Kier alpha value is -1.35. The highest BCUT2D eigenvalue weighted by Gasteiger charge is 2.14. The van der Waals surface area contributed by atoms with Crippen LogP contribution in [0.15, 0.2) is 18.2 Å². The summed E-state index contributed by atoms with van der Waals surface area (Å²) in [7, 11) is 0. The Labute approximate surface area is 113 Å². The van der Waals surface area contributed by atoms with Gasteiger partial charge in [0.1, 0.15) is 5.82 Å². The zero-order chi connectivity index (χ0) is 13.1. The molecule has 0 bridgehead atoms. The average molecular weight is 264 g/mol. The molecule has 18 heavy (non-hydrogen) atoms. The maximum absolute atomic E-state index is 5.91. The molecule has 96 valence electrons. The third kappa shape index (κ3) is 2.41. The summed E-state index contributed by atoms with van der Waals surface area (Å²) >= 11 is 5.91. The largest absolute Gasteiger partial charge is 0.310 e. The molecule has 0 radical (unpaired) electrons. The Morgan fingerprint density at radius 3 is 2.61 bits per heavy atom. The lowest BCUT2D eigenvalue weighted by atomic mass is 10.1. The van der Waals surface area contributed by atoms with Crippen molar-refractivity contribution in [3.63, 3.8) is 0 Å². The maximum Gasteiger partial charge on any atom is 0.164 e. The van der Waals surface area contributed by atoms with E-state index in [1.54, 1.807) is 0 Å². The minimum atomic E-state index is 0.401. The SMILES string of the molecule is CCCn1c(CCl)nnc1-c1ccc(C)cc1C. The summed E-state index contributed by atoms with van der Waals surface area (Å²) in [6.07, 6.45) is 1.04. The molecule has 0 aliphatic heterocycles. The lowest BCUT2D eigenvalue weighted by Gasteiger charge is -2.10. The van der Waals surface area contributed by atoms with Gasteiger partial charge in [0.2, 0.25) is 0 Å². The van der Waals surface area contributed by atoms with E-state index in [0.29, 0.717) is 5.88 Å². The van der Waals surface area contributed by atoms with Gasteiger partial charge in [0, 0.05) is 12.1 Å². The summed E-state index contributed by atoms with van der Waals surface area (Å²) in [4.78, 5) is 0. The van der Waals surface area contributed by atoms with Crippen LogP contribution >= 0.6 is 11.6 Å². The first-order valence-electron chi connectivity index (χ1n) is 6.23. The summed E-state index contributed by atoms with van der Waals surface area (Å²) in [5, 5.41) is 8.47. The molecule has 2 aromatic rings. The Morgan fingerprint density at radius 1 is 1.22 bits per heavy atom. The highest BCUT2D eigenvalue weighted by molar-refractivity contribution is 6.16. The molecule has 0 amide bonds. The van der Waals surface area contributed by atoms with Crippen molar-refractivity contribution in [2.45, 2.75) is 39.6 Å². The van der Waals surface area contributed by atoms with Crippen molar-refractivity contribution in [1.29, 1.82) is 0 Å². The van der Waals surface area contributed by atoms with Gasteiger partial charge < -0.3 is 4.57 Å². The van der Waals surface area contributed by atoms with Gasteiger partial charge in [-0.1, -0.05) is 30.7 Å². The van der Waals surface area contributed by atoms with Gasteiger partial charge in [-0.05, 0) is 25.8 Å². The molecule has 0 aliphatic rings. The standard InChI is InChI=1S/C14H18ClN3/c1-4-7-18-13(9-15)16-17-14(18)12-6-5-10(2)8-11(12)3/h5-6,8H,4,7,9H2,1-3H3. The maximum atomic E-state index is 5.91. The van der Waals surface area contributed by atoms with Gasteiger partial charge in [-0.25, -0.2) is 0 Å². The van der Waals surface area contributed by atoms with Crippen LogP contribution in [0.1, 0.15) is 30.3 Å². The van der Waals surface area contributed by atoms with Crippen molar-refractivity contribution in [2.24, 2.45) is 0 Å². The summed E-state index contributed by atoms with van der Waals surface area (Å²) in [6.45, 7) is 7.24. The number of aromatic nitrogens is 3. The number of alkyl halides is 1. The highest BCUT2D eigenvalue weighted by Crippen LogP contribution is 2.24. The van der Waals surface area contributed by atoms with Gasteiger partial charge in [0.25, 0.3) is 0 Å². The normalized spacial score (nSPS) is 10.9. The number of nitrogens with zero attached hydrogens (tertiary/aromatic N) is 3. The molecule has 0 spiro atoms. The minimum Gasteiger partial charge on any atom is -0.310 e. The molecular weight excluding hydrogens is 246 g/mol. The fourth-order valence-corrected chi connectivity index (χ4v) is 2.35. The molecular formula is C14H18ClN3. The zero-order valence-electron chi connectivity index (χ0n) is 11.1. The van der Waals surface area contributed by atoms with E-state index in [-0.39, 0.29) is 0 Å². The van der Waals surface area contributed by atoms with Crippen LogP contribution < -0.4 is 0 Å². The molecule has 0 N–H and O–H groups in total. The third-order valence-corrected chi connectivity index (χ3v) is 3.26. The Morgan fingerprint density at radius 2 is 2.00 bits per heavy atom. The van der Waals surface area contributed by atoms with Crippen LogP contribution in [-0.2, 0) is 12.4 Å². The average Bonchev–Trinajstić information content (AvgIpc) is 2.73. The van der Waals surface area contributed by atoms with Crippen LogP contribution in [0.2, 0.25) is 0 Å². The van der Waals surface area contributed by atoms with Crippen LogP contribution in [0.3, 0.4) is 0 Å². The number of rotatable bonds is 4. The number of hydrogen-bond donors (Lipinski definition) is 0. The van der Waals surface area contributed by atoms with Crippen molar-refractivity contribution in [1.82, 2.24) is 14.8 Å². The van der Waals surface area contributed by atoms with Crippen LogP contribution in [-0.4, -0.2) is 14.8 Å². The summed E-state index contributed by atoms with van der Waals surface area (Å²) in [5.74, 6) is 2.16. The van der Waals surface area contributed by atoms with Crippen LogP contribution in [0, 0.1) is 13.8 Å². The van der Waals surface area contributed by atoms with Crippen molar-refractivity contribution in [2.75, 3.05) is 0 Å². The molecule has 0 saturated heterocycles. The highest BCUT2D eigenvalue weighted by atomic mass is 35.5. The van der Waals surface area contributed by atoms with E-state index in [9.17, 15) is 0 Å². The molecule has 1 heterocycles. The second-order valence-electron chi connectivity index (χ2n) is 4.54. The Bertz CT molecular complexity index is 546. The van der Waals surface area contributed by atoms with Crippen LogP contribution in [0.4, 0.5) is 0 Å². The predicted molar refractivity (Wildman–Crippen MR) is 74.8 cm³/mol. The number of benzene rings is 1. The quantitative estimate of drug-likeness (QED) is 0.788. The fourth-order valence-electron chi connectivity index (χ4n) is 2.16. The van der Waals surface area contributed by atoms with E-state index >= 15 is 0 Å². The van der Waals surface area contributed by atoms with E-state index in [1.165, 1.54) is 11.1 Å². The Kier molecular flexibility index (Phi) is 4.02. The minimum absolute atomic E-state index is 0.401. The molecule has 2 rings (SSSR count). The first-order chi connectivity index (χ1) is 8.67. The molecule has 4 heteroatoms. The molecule has 1 aromatic heterocycles. The van der Waals surface area contributed by atoms with Gasteiger partial charge in [0.15, 0.2) is 5.82 Å². The molecule has 1 aromatic carbocycles. The lowest BCUT2D eigenvalue weighted by molar-refractivity contribution is 0.659. The topological polar surface area (TPSA) is 30.7 Å². The summed E-state index contributed by atoms with van der Waals surface area (Å²) in [5.41, 5.74) is 3.62. The number of hydrogen-bond acceptors (Lipinski definition) is 2. The third-order valence-electron chi connectivity index (χ3n) is 3.02. The van der Waals surface area contributed by atoms with Gasteiger partial charge >= 0.3 is 0 Å². The lowest BCUT2D eigenvalue weighted by Crippen LogP contribution is -2.04. The van der Waals surface area contributed by atoms with Crippen LogP contribution in [0.5, 0.6) is 0 Å². The second-order valence-corrected chi connectivity index (χ2v) is 4.81. The molecule has 0 atom stereocenters. The molecule has 3 nitrogen and oxygen atoms in total. The zero-order valence-corrected chi connectivity index (χ0v) is 11.8. The van der Waals surface area contributed by atoms with E-state index in [4.69, 9.17) is 11.6 Å².